The minimum Gasteiger partial charge on any atom is -0.353 e. The molecule has 1 aliphatic heterocycles. The van der Waals surface area contributed by atoms with Crippen LogP contribution in [0.25, 0.3) is 11.0 Å². The van der Waals surface area contributed by atoms with E-state index in [4.69, 9.17) is 0 Å². The van der Waals surface area contributed by atoms with Crippen LogP contribution in [0.2, 0.25) is 0 Å². The maximum absolute atomic E-state index is 13.0. The van der Waals surface area contributed by atoms with E-state index in [-0.39, 0.29) is 4.90 Å². The van der Waals surface area contributed by atoms with Gasteiger partial charge in [-0.1, -0.05) is 0 Å². The van der Waals surface area contributed by atoms with Crippen molar-refractivity contribution >= 4 is 26.9 Å². The lowest BCUT2D eigenvalue weighted by Crippen LogP contribution is -2.48. The second kappa shape index (κ2) is 6.08. The lowest BCUT2D eigenvalue weighted by molar-refractivity contribution is 0.384. The van der Waals surface area contributed by atoms with E-state index in [2.05, 4.69) is 24.8 Å². The van der Waals surface area contributed by atoms with Crippen LogP contribution in [0, 0.1) is 6.92 Å². The van der Waals surface area contributed by atoms with Crippen molar-refractivity contribution in [2.75, 3.05) is 31.1 Å². The number of hydrogen-bond donors (Lipinski definition) is 1. The first-order valence-corrected chi connectivity index (χ1v) is 9.45. The summed E-state index contributed by atoms with van der Waals surface area (Å²) < 4.78 is 27.5. The summed E-state index contributed by atoms with van der Waals surface area (Å²) in [6.45, 7) is 3.87. The van der Waals surface area contributed by atoms with Crippen molar-refractivity contribution in [2.45, 2.75) is 11.8 Å². The summed E-state index contributed by atoms with van der Waals surface area (Å²) in [5, 5.41) is 0.620. The largest absolute Gasteiger partial charge is 0.353 e. The quantitative estimate of drug-likeness (QED) is 0.755. The number of piperazine rings is 1. The SMILES string of the molecule is Cc1cncc(N2CCN(S(=O)(=O)c3c[nH]c4ncccc34)CC2)n1. The first kappa shape index (κ1) is 16.0. The van der Waals surface area contributed by atoms with Crippen molar-refractivity contribution in [1.82, 2.24) is 24.2 Å². The van der Waals surface area contributed by atoms with Crippen molar-refractivity contribution < 1.29 is 8.42 Å². The highest BCUT2D eigenvalue weighted by Crippen LogP contribution is 2.25. The average Bonchev–Trinajstić information content (AvgIpc) is 3.07. The van der Waals surface area contributed by atoms with Crippen molar-refractivity contribution in [3.05, 3.63) is 42.6 Å². The van der Waals surface area contributed by atoms with Crippen LogP contribution >= 0.6 is 0 Å². The normalized spacial score (nSPS) is 16.4. The summed E-state index contributed by atoms with van der Waals surface area (Å²) in [6, 6.07) is 3.51. The summed E-state index contributed by atoms with van der Waals surface area (Å²) in [4.78, 5) is 18.0. The van der Waals surface area contributed by atoms with Gasteiger partial charge in [0.05, 0.1) is 11.9 Å². The van der Waals surface area contributed by atoms with Gasteiger partial charge < -0.3 is 9.88 Å². The summed E-state index contributed by atoms with van der Waals surface area (Å²) in [6.07, 6.45) is 6.57. The summed E-state index contributed by atoms with van der Waals surface area (Å²) >= 11 is 0. The fraction of sp³-hybridized carbons (Fsp3) is 0.312. The molecule has 25 heavy (non-hydrogen) atoms. The third kappa shape index (κ3) is 2.85. The van der Waals surface area contributed by atoms with Gasteiger partial charge in [0.2, 0.25) is 10.0 Å². The number of hydrogen-bond acceptors (Lipinski definition) is 6. The molecular weight excluding hydrogens is 340 g/mol. The molecule has 130 valence electrons. The number of rotatable bonds is 3. The van der Waals surface area contributed by atoms with Crippen LogP contribution in [-0.2, 0) is 10.0 Å². The van der Waals surface area contributed by atoms with E-state index < -0.39 is 10.0 Å². The zero-order valence-electron chi connectivity index (χ0n) is 13.8. The Balaban J connectivity index is 1.55. The zero-order valence-corrected chi connectivity index (χ0v) is 14.6. The second-order valence-electron chi connectivity index (χ2n) is 5.96. The number of nitrogens with one attached hydrogen (secondary N) is 1. The number of H-pyrrole nitrogens is 1. The molecule has 0 atom stereocenters. The lowest BCUT2D eigenvalue weighted by Gasteiger charge is -2.34. The van der Waals surface area contributed by atoms with Crippen LogP contribution in [0.1, 0.15) is 5.69 Å². The fourth-order valence-electron chi connectivity index (χ4n) is 3.04. The molecule has 8 nitrogen and oxygen atoms in total. The van der Waals surface area contributed by atoms with E-state index in [0.717, 1.165) is 11.5 Å². The van der Waals surface area contributed by atoms with Gasteiger partial charge in [0.15, 0.2) is 0 Å². The minimum atomic E-state index is -3.56. The predicted molar refractivity (Wildman–Crippen MR) is 93.8 cm³/mol. The molecule has 0 aromatic carbocycles. The third-order valence-corrected chi connectivity index (χ3v) is 6.27. The summed E-state index contributed by atoms with van der Waals surface area (Å²) in [5.41, 5.74) is 1.42. The van der Waals surface area contributed by atoms with E-state index in [9.17, 15) is 8.42 Å². The Morgan fingerprint density at radius 1 is 1.16 bits per heavy atom. The molecule has 1 saturated heterocycles. The average molecular weight is 358 g/mol. The third-order valence-electron chi connectivity index (χ3n) is 4.34. The molecule has 0 bridgehead atoms. The Labute approximate surface area is 145 Å². The number of aromatic nitrogens is 4. The number of anilines is 1. The van der Waals surface area contributed by atoms with Crippen LogP contribution in [0.5, 0.6) is 0 Å². The zero-order chi connectivity index (χ0) is 17.4. The molecule has 3 aromatic rings. The number of aromatic amines is 1. The van der Waals surface area contributed by atoms with Crippen molar-refractivity contribution in [3.8, 4) is 0 Å². The first-order valence-electron chi connectivity index (χ1n) is 8.01. The number of nitrogens with zero attached hydrogens (tertiary/aromatic N) is 5. The van der Waals surface area contributed by atoms with E-state index in [1.807, 2.05) is 6.92 Å². The van der Waals surface area contributed by atoms with Gasteiger partial charge in [-0.25, -0.2) is 18.4 Å². The molecule has 1 fully saturated rings. The number of aryl methyl sites for hydroxylation is 1. The molecule has 0 amide bonds. The van der Waals surface area contributed by atoms with Crippen LogP contribution in [0.3, 0.4) is 0 Å². The van der Waals surface area contributed by atoms with Gasteiger partial charge >= 0.3 is 0 Å². The number of sulfonamides is 1. The van der Waals surface area contributed by atoms with Crippen LogP contribution < -0.4 is 4.90 Å². The van der Waals surface area contributed by atoms with Crippen LogP contribution in [-0.4, -0.2) is 58.8 Å². The molecule has 0 radical (unpaired) electrons. The highest BCUT2D eigenvalue weighted by molar-refractivity contribution is 7.89. The molecular formula is C16H18N6O2S. The van der Waals surface area contributed by atoms with Crippen LogP contribution in [0.4, 0.5) is 5.82 Å². The lowest BCUT2D eigenvalue weighted by atomic mass is 10.3. The molecule has 4 heterocycles. The molecule has 1 N–H and O–H groups in total. The molecule has 0 unspecified atom stereocenters. The van der Waals surface area contributed by atoms with E-state index in [1.54, 1.807) is 30.7 Å². The van der Waals surface area contributed by atoms with Crippen molar-refractivity contribution in [1.29, 1.82) is 0 Å². The van der Waals surface area contributed by atoms with Gasteiger partial charge in [0.25, 0.3) is 0 Å². The molecule has 1 aliphatic rings. The number of fused-ring (bicyclic) bond motifs is 1. The van der Waals surface area contributed by atoms with E-state index in [1.165, 1.54) is 10.5 Å². The summed E-state index contributed by atoms with van der Waals surface area (Å²) in [7, 11) is -3.56. The van der Waals surface area contributed by atoms with Gasteiger partial charge in [0.1, 0.15) is 16.4 Å². The Morgan fingerprint density at radius 3 is 2.72 bits per heavy atom. The number of pyridine rings is 1. The monoisotopic (exact) mass is 358 g/mol. The predicted octanol–water partition coefficient (Wildman–Crippen LogP) is 1.17. The summed E-state index contributed by atoms with van der Waals surface area (Å²) in [5.74, 6) is 0.786. The molecule has 0 spiro atoms. The smallest absolute Gasteiger partial charge is 0.245 e. The van der Waals surface area contributed by atoms with Crippen LogP contribution in [0.15, 0.2) is 41.8 Å². The maximum atomic E-state index is 13.0. The standard InChI is InChI=1S/C16H18N6O2S/c1-12-9-17-11-15(20-12)21-5-7-22(8-6-21)25(23,24)14-10-19-16-13(14)3-2-4-18-16/h2-4,9-11H,5-8H2,1H3,(H,18,19). The first-order chi connectivity index (χ1) is 12.1. The van der Waals surface area contributed by atoms with Gasteiger partial charge in [0, 0.05) is 50.2 Å². The van der Waals surface area contributed by atoms with Gasteiger partial charge in [-0.05, 0) is 19.1 Å². The molecule has 0 aliphatic carbocycles. The molecule has 3 aromatic heterocycles. The maximum Gasteiger partial charge on any atom is 0.245 e. The minimum absolute atomic E-state index is 0.277. The van der Waals surface area contributed by atoms with Crippen molar-refractivity contribution in [2.24, 2.45) is 0 Å². The van der Waals surface area contributed by atoms with Crippen molar-refractivity contribution in [3.63, 3.8) is 0 Å². The van der Waals surface area contributed by atoms with Gasteiger partial charge in [-0.3, -0.25) is 4.98 Å². The van der Waals surface area contributed by atoms with E-state index >= 15 is 0 Å². The Kier molecular flexibility index (Phi) is 3.89. The topological polar surface area (TPSA) is 95.1 Å². The Bertz CT molecular complexity index is 1010. The highest BCUT2D eigenvalue weighted by atomic mass is 32.2. The highest BCUT2D eigenvalue weighted by Gasteiger charge is 2.31. The van der Waals surface area contributed by atoms with Gasteiger partial charge in [-0.15, -0.1) is 0 Å². The fourth-order valence-corrected chi connectivity index (χ4v) is 4.62. The van der Waals surface area contributed by atoms with Gasteiger partial charge in [-0.2, -0.15) is 4.31 Å². The van der Waals surface area contributed by atoms with E-state index in [0.29, 0.717) is 37.2 Å². The Morgan fingerprint density at radius 2 is 1.96 bits per heavy atom. The molecule has 0 saturated carbocycles. The molecule has 4 rings (SSSR count). The molecule has 9 heteroatoms. The second-order valence-corrected chi connectivity index (χ2v) is 7.87. The Hall–Kier alpha value is -2.52.